The van der Waals surface area contributed by atoms with E-state index in [2.05, 4.69) is 17.6 Å². The molecule has 0 aliphatic heterocycles. The third-order valence-electron chi connectivity index (χ3n) is 3.94. The minimum Gasteiger partial charge on any atom is -0.352 e. The number of hydrogen-bond donors (Lipinski definition) is 2. The van der Waals surface area contributed by atoms with Crippen LogP contribution in [-0.4, -0.2) is 24.5 Å². The summed E-state index contributed by atoms with van der Waals surface area (Å²) in [7, 11) is 0. The summed E-state index contributed by atoms with van der Waals surface area (Å²) in [6.07, 6.45) is 8.73. The predicted molar refractivity (Wildman–Crippen MR) is 65.2 cm³/mol. The van der Waals surface area contributed by atoms with E-state index in [1.54, 1.807) is 0 Å². The molecule has 2 atom stereocenters. The van der Waals surface area contributed by atoms with Gasteiger partial charge in [0.2, 0.25) is 5.91 Å². The molecular weight excluding hydrogens is 200 g/mol. The molecule has 0 aromatic carbocycles. The molecule has 2 fully saturated rings. The third-order valence-corrected chi connectivity index (χ3v) is 3.94. The average Bonchev–Trinajstić information content (AvgIpc) is 3.06. The van der Waals surface area contributed by atoms with E-state index in [-0.39, 0.29) is 5.91 Å². The van der Waals surface area contributed by atoms with Gasteiger partial charge in [0.1, 0.15) is 0 Å². The number of amides is 1. The molecule has 0 aromatic rings. The van der Waals surface area contributed by atoms with Crippen molar-refractivity contribution in [3.63, 3.8) is 0 Å². The molecule has 2 aliphatic rings. The highest BCUT2D eigenvalue weighted by molar-refractivity contribution is 5.78. The van der Waals surface area contributed by atoms with Crippen LogP contribution in [0, 0.1) is 5.92 Å². The van der Waals surface area contributed by atoms with Gasteiger partial charge in [-0.1, -0.05) is 32.6 Å². The van der Waals surface area contributed by atoms with E-state index in [9.17, 15) is 4.79 Å². The van der Waals surface area contributed by atoms with E-state index in [4.69, 9.17) is 0 Å². The Labute approximate surface area is 98.4 Å². The van der Waals surface area contributed by atoms with Crippen LogP contribution < -0.4 is 10.6 Å². The van der Waals surface area contributed by atoms with Crippen molar-refractivity contribution in [3.8, 4) is 0 Å². The summed E-state index contributed by atoms with van der Waals surface area (Å²) in [5.74, 6) is 1.01. The lowest BCUT2D eigenvalue weighted by Gasteiger charge is -2.22. The minimum absolute atomic E-state index is 0.189. The normalized spacial score (nSPS) is 30.1. The predicted octanol–water partition coefficient (Wildman–Crippen LogP) is 1.82. The first-order valence-electron chi connectivity index (χ1n) is 6.82. The first kappa shape index (κ1) is 11.9. The van der Waals surface area contributed by atoms with Gasteiger partial charge in [-0.05, 0) is 25.2 Å². The van der Waals surface area contributed by atoms with Crippen molar-refractivity contribution in [1.29, 1.82) is 0 Å². The van der Waals surface area contributed by atoms with Crippen LogP contribution in [0.1, 0.15) is 51.9 Å². The van der Waals surface area contributed by atoms with Crippen LogP contribution in [0.5, 0.6) is 0 Å². The van der Waals surface area contributed by atoms with Gasteiger partial charge in [0.25, 0.3) is 0 Å². The SMILES string of the molecule is CCC1CC1NCC(=O)NC1CCCCC1. The lowest BCUT2D eigenvalue weighted by atomic mass is 9.95. The van der Waals surface area contributed by atoms with E-state index in [1.165, 1.54) is 44.9 Å². The third kappa shape index (κ3) is 3.48. The van der Waals surface area contributed by atoms with E-state index in [0.717, 1.165) is 5.92 Å². The van der Waals surface area contributed by atoms with Crippen LogP contribution in [0.2, 0.25) is 0 Å². The number of carbonyl (C=O) groups is 1. The minimum atomic E-state index is 0.189. The molecule has 3 heteroatoms. The van der Waals surface area contributed by atoms with Crippen LogP contribution in [0.15, 0.2) is 0 Å². The van der Waals surface area contributed by atoms with Gasteiger partial charge in [-0.2, -0.15) is 0 Å². The topological polar surface area (TPSA) is 41.1 Å². The molecule has 0 heterocycles. The van der Waals surface area contributed by atoms with Crippen LogP contribution in [0.4, 0.5) is 0 Å². The van der Waals surface area contributed by atoms with Crippen molar-refractivity contribution in [1.82, 2.24) is 10.6 Å². The van der Waals surface area contributed by atoms with E-state index < -0.39 is 0 Å². The van der Waals surface area contributed by atoms with Crippen molar-refractivity contribution in [3.05, 3.63) is 0 Å². The molecule has 2 rings (SSSR count). The quantitative estimate of drug-likeness (QED) is 0.748. The lowest BCUT2D eigenvalue weighted by Crippen LogP contribution is -2.41. The van der Waals surface area contributed by atoms with Crippen LogP contribution in [0.25, 0.3) is 0 Å². The number of rotatable bonds is 5. The fourth-order valence-corrected chi connectivity index (χ4v) is 2.70. The average molecular weight is 224 g/mol. The molecule has 2 unspecified atom stereocenters. The van der Waals surface area contributed by atoms with Crippen molar-refractivity contribution in [2.24, 2.45) is 5.92 Å². The van der Waals surface area contributed by atoms with Gasteiger partial charge in [0.05, 0.1) is 6.54 Å². The summed E-state index contributed by atoms with van der Waals surface area (Å²) in [5, 5.41) is 6.47. The highest BCUT2D eigenvalue weighted by atomic mass is 16.2. The zero-order valence-electron chi connectivity index (χ0n) is 10.3. The Kier molecular flexibility index (Phi) is 4.22. The number of carbonyl (C=O) groups excluding carboxylic acids is 1. The van der Waals surface area contributed by atoms with Crippen LogP contribution in [0.3, 0.4) is 0 Å². The Balaban J connectivity index is 1.57. The van der Waals surface area contributed by atoms with Crippen LogP contribution in [-0.2, 0) is 4.79 Å². The van der Waals surface area contributed by atoms with Crippen molar-refractivity contribution in [2.75, 3.05) is 6.54 Å². The van der Waals surface area contributed by atoms with Gasteiger partial charge >= 0.3 is 0 Å². The first-order chi connectivity index (χ1) is 7.79. The van der Waals surface area contributed by atoms with Gasteiger partial charge in [0.15, 0.2) is 0 Å². The standard InChI is InChI=1S/C13H24N2O/c1-2-10-8-12(10)14-9-13(16)15-11-6-4-3-5-7-11/h10-12,14H,2-9H2,1H3,(H,15,16). The summed E-state index contributed by atoms with van der Waals surface area (Å²) in [6, 6.07) is 1.06. The largest absolute Gasteiger partial charge is 0.352 e. The Morgan fingerprint density at radius 3 is 2.62 bits per heavy atom. The molecule has 3 nitrogen and oxygen atoms in total. The van der Waals surface area contributed by atoms with E-state index >= 15 is 0 Å². The number of hydrogen-bond acceptors (Lipinski definition) is 2. The molecule has 0 aromatic heterocycles. The van der Waals surface area contributed by atoms with Crippen molar-refractivity contribution < 1.29 is 4.79 Å². The van der Waals surface area contributed by atoms with Crippen LogP contribution >= 0.6 is 0 Å². The molecule has 0 bridgehead atoms. The summed E-state index contributed by atoms with van der Waals surface area (Å²) < 4.78 is 0. The second kappa shape index (κ2) is 5.67. The smallest absolute Gasteiger partial charge is 0.234 e. The molecule has 2 aliphatic carbocycles. The van der Waals surface area contributed by atoms with Gasteiger partial charge in [0, 0.05) is 12.1 Å². The maximum atomic E-state index is 11.7. The maximum absolute atomic E-state index is 11.7. The Hall–Kier alpha value is -0.570. The van der Waals surface area contributed by atoms with Crippen molar-refractivity contribution in [2.45, 2.75) is 64.0 Å². The summed E-state index contributed by atoms with van der Waals surface area (Å²) in [6.45, 7) is 2.73. The van der Waals surface area contributed by atoms with Crippen molar-refractivity contribution >= 4 is 5.91 Å². The second-order valence-corrected chi connectivity index (χ2v) is 5.29. The molecule has 1 amide bonds. The zero-order chi connectivity index (χ0) is 11.4. The molecular formula is C13H24N2O. The maximum Gasteiger partial charge on any atom is 0.234 e. The molecule has 2 saturated carbocycles. The highest BCUT2D eigenvalue weighted by Gasteiger charge is 2.34. The van der Waals surface area contributed by atoms with Gasteiger partial charge in [-0.3, -0.25) is 4.79 Å². The number of nitrogens with one attached hydrogen (secondary N) is 2. The summed E-state index contributed by atoms with van der Waals surface area (Å²) >= 11 is 0. The highest BCUT2D eigenvalue weighted by Crippen LogP contribution is 2.32. The summed E-state index contributed by atoms with van der Waals surface area (Å²) in [4.78, 5) is 11.7. The zero-order valence-corrected chi connectivity index (χ0v) is 10.3. The molecule has 0 saturated heterocycles. The Morgan fingerprint density at radius 2 is 2.00 bits per heavy atom. The molecule has 0 spiro atoms. The van der Waals surface area contributed by atoms with Gasteiger partial charge < -0.3 is 10.6 Å². The monoisotopic (exact) mass is 224 g/mol. The van der Waals surface area contributed by atoms with Gasteiger partial charge in [-0.25, -0.2) is 0 Å². The van der Waals surface area contributed by atoms with Gasteiger partial charge in [-0.15, -0.1) is 0 Å². The first-order valence-corrected chi connectivity index (χ1v) is 6.82. The molecule has 16 heavy (non-hydrogen) atoms. The lowest BCUT2D eigenvalue weighted by molar-refractivity contribution is -0.121. The van der Waals surface area contributed by atoms with E-state index in [1.807, 2.05) is 0 Å². The summed E-state index contributed by atoms with van der Waals surface area (Å²) in [5.41, 5.74) is 0. The molecule has 92 valence electrons. The Morgan fingerprint density at radius 1 is 1.25 bits per heavy atom. The fraction of sp³-hybridized carbons (Fsp3) is 0.923. The molecule has 0 radical (unpaired) electrons. The van der Waals surface area contributed by atoms with E-state index in [0.29, 0.717) is 18.6 Å². The fourth-order valence-electron chi connectivity index (χ4n) is 2.70. The second-order valence-electron chi connectivity index (χ2n) is 5.29. The Bertz CT molecular complexity index is 236. The molecule has 2 N–H and O–H groups in total.